The van der Waals surface area contributed by atoms with E-state index in [4.69, 9.17) is 4.74 Å². The third kappa shape index (κ3) is 2.27. The molecule has 0 unspecified atom stereocenters. The summed E-state index contributed by atoms with van der Waals surface area (Å²) in [6.45, 7) is 0.602. The smallest absolute Gasteiger partial charge is 0.136 e. The highest BCUT2D eigenvalue weighted by molar-refractivity contribution is 7.05. The number of rotatable bonds is 4. The molecule has 1 aromatic heterocycles. The molecule has 0 radical (unpaired) electrons. The second-order valence-corrected chi connectivity index (χ2v) is 4.23. The Morgan fingerprint density at radius 3 is 3.00 bits per heavy atom. The molecular formula is C11H12FN3OS. The number of nitrogens with zero attached hydrogens (tertiary/aromatic N) is 2. The lowest BCUT2D eigenvalue weighted by atomic mass is 10.1. The first kappa shape index (κ1) is 11.9. The molecule has 1 N–H and O–H groups in total. The number of benzene rings is 1. The average Bonchev–Trinajstić information content (AvgIpc) is 2.77. The van der Waals surface area contributed by atoms with Crippen LogP contribution in [-0.2, 0) is 6.54 Å². The van der Waals surface area contributed by atoms with Gasteiger partial charge in [0.15, 0.2) is 0 Å². The lowest BCUT2D eigenvalue weighted by Crippen LogP contribution is -2.05. The summed E-state index contributed by atoms with van der Waals surface area (Å²) in [5.41, 5.74) is 0.910. The summed E-state index contributed by atoms with van der Waals surface area (Å²) in [7, 11) is 3.33. The van der Waals surface area contributed by atoms with E-state index in [1.165, 1.54) is 24.7 Å². The van der Waals surface area contributed by atoms with Crippen LogP contribution in [0.2, 0.25) is 0 Å². The third-order valence-electron chi connectivity index (χ3n) is 2.33. The topological polar surface area (TPSA) is 47.0 Å². The zero-order valence-corrected chi connectivity index (χ0v) is 10.3. The maximum absolute atomic E-state index is 13.9. The molecule has 6 heteroatoms. The van der Waals surface area contributed by atoms with Crippen LogP contribution in [0.1, 0.15) is 4.88 Å². The van der Waals surface area contributed by atoms with Gasteiger partial charge in [-0.2, -0.15) is 0 Å². The fourth-order valence-electron chi connectivity index (χ4n) is 1.58. The van der Waals surface area contributed by atoms with Crippen LogP contribution >= 0.6 is 11.5 Å². The molecule has 0 aliphatic carbocycles. The minimum absolute atomic E-state index is 0.352. The van der Waals surface area contributed by atoms with Gasteiger partial charge >= 0.3 is 0 Å². The molecule has 0 aliphatic rings. The first-order chi connectivity index (χ1) is 8.27. The van der Waals surface area contributed by atoms with Gasteiger partial charge in [-0.25, -0.2) is 4.39 Å². The Kier molecular flexibility index (Phi) is 3.65. The van der Waals surface area contributed by atoms with Crippen molar-refractivity contribution in [2.75, 3.05) is 14.2 Å². The van der Waals surface area contributed by atoms with E-state index in [0.29, 0.717) is 23.6 Å². The predicted molar refractivity (Wildman–Crippen MR) is 64.6 cm³/mol. The van der Waals surface area contributed by atoms with Crippen LogP contribution < -0.4 is 10.1 Å². The summed E-state index contributed by atoms with van der Waals surface area (Å²) < 4.78 is 22.9. The molecule has 1 heterocycles. The van der Waals surface area contributed by atoms with Crippen LogP contribution in [-0.4, -0.2) is 23.7 Å². The average molecular weight is 253 g/mol. The molecule has 0 bridgehead atoms. The number of methoxy groups -OCH3 is 1. The van der Waals surface area contributed by atoms with Crippen LogP contribution in [0.15, 0.2) is 18.2 Å². The molecule has 17 heavy (non-hydrogen) atoms. The largest absolute Gasteiger partial charge is 0.496 e. The van der Waals surface area contributed by atoms with Crippen molar-refractivity contribution >= 4 is 11.5 Å². The molecule has 4 nitrogen and oxygen atoms in total. The fourth-order valence-corrected chi connectivity index (χ4v) is 2.24. The van der Waals surface area contributed by atoms with Gasteiger partial charge in [-0.3, -0.25) is 0 Å². The number of nitrogens with one attached hydrogen (secondary N) is 1. The summed E-state index contributed by atoms with van der Waals surface area (Å²) in [5, 5.41) is 6.99. The maximum Gasteiger partial charge on any atom is 0.136 e. The number of hydrogen-bond acceptors (Lipinski definition) is 5. The van der Waals surface area contributed by atoms with E-state index in [1.807, 2.05) is 7.05 Å². The predicted octanol–water partition coefficient (Wildman–Crippen LogP) is 2.07. The standard InChI is InChI=1S/C11H12FN3OS/c1-13-6-9-11(14-15-17-9)10-7(12)4-3-5-8(10)16-2/h3-5,13H,6H2,1-2H3. The quantitative estimate of drug-likeness (QED) is 0.906. The normalized spacial score (nSPS) is 10.5. The van der Waals surface area contributed by atoms with E-state index in [0.717, 1.165) is 4.88 Å². The Morgan fingerprint density at radius 1 is 1.47 bits per heavy atom. The van der Waals surface area contributed by atoms with Crippen molar-refractivity contribution in [3.05, 3.63) is 28.9 Å². The second kappa shape index (κ2) is 5.20. The van der Waals surface area contributed by atoms with Crippen molar-refractivity contribution in [2.24, 2.45) is 0 Å². The minimum atomic E-state index is -0.352. The summed E-state index contributed by atoms with van der Waals surface area (Å²) >= 11 is 1.25. The molecule has 0 atom stereocenters. The molecule has 2 aromatic rings. The van der Waals surface area contributed by atoms with E-state index in [1.54, 1.807) is 12.1 Å². The van der Waals surface area contributed by atoms with Gasteiger partial charge in [0.2, 0.25) is 0 Å². The number of aromatic nitrogens is 2. The van der Waals surface area contributed by atoms with Gasteiger partial charge < -0.3 is 10.1 Å². The van der Waals surface area contributed by atoms with Gasteiger partial charge in [0.1, 0.15) is 17.3 Å². The minimum Gasteiger partial charge on any atom is -0.496 e. The van der Waals surface area contributed by atoms with Crippen molar-refractivity contribution < 1.29 is 9.13 Å². The monoisotopic (exact) mass is 253 g/mol. The van der Waals surface area contributed by atoms with Crippen LogP contribution in [0.25, 0.3) is 11.3 Å². The first-order valence-corrected chi connectivity index (χ1v) is 5.84. The van der Waals surface area contributed by atoms with Crippen LogP contribution in [0.5, 0.6) is 5.75 Å². The molecule has 1 aromatic carbocycles. The zero-order chi connectivity index (χ0) is 12.3. The van der Waals surface area contributed by atoms with Gasteiger partial charge in [-0.15, -0.1) is 5.10 Å². The van der Waals surface area contributed by atoms with Gasteiger partial charge in [-0.1, -0.05) is 10.6 Å². The Morgan fingerprint density at radius 2 is 2.29 bits per heavy atom. The summed E-state index contributed by atoms with van der Waals surface area (Å²) in [4.78, 5) is 0.885. The van der Waals surface area contributed by atoms with Crippen molar-refractivity contribution in [1.29, 1.82) is 0 Å². The highest BCUT2D eigenvalue weighted by atomic mass is 32.1. The number of ether oxygens (including phenoxy) is 1. The van der Waals surface area contributed by atoms with E-state index < -0.39 is 0 Å². The van der Waals surface area contributed by atoms with Crippen LogP contribution in [0.3, 0.4) is 0 Å². The van der Waals surface area contributed by atoms with Crippen molar-refractivity contribution in [2.45, 2.75) is 6.54 Å². The third-order valence-corrected chi connectivity index (χ3v) is 3.05. The Balaban J connectivity index is 2.55. The molecular weight excluding hydrogens is 241 g/mol. The van der Waals surface area contributed by atoms with Crippen molar-refractivity contribution in [1.82, 2.24) is 14.9 Å². The molecule has 0 saturated carbocycles. The van der Waals surface area contributed by atoms with Crippen LogP contribution in [0, 0.1) is 5.82 Å². The molecule has 0 fully saturated rings. The van der Waals surface area contributed by atoms with E-state index in [-0.39, 0.29) is 5.82 Å². The highest BCUT2D eigenvalue weighted by Crippen LogP contribution is 2.34. The Labute approximate surface area is 103 Å². The first-order valence-electron chi connectivity index (χ1n) is 5.06. The summed E-state index contributed by atoms with van der Waals surface area (Å²) in [6, 6.07) is 4.70. The lowest BCUT2D eigenvalue weighted by molar-refractivity contribution is 0.413. The summed E-state index contributed by atoms with van der Waals surface area (Å²) in [6.07, 6.45) is 0. The second-order valence-electron chi connectivity index (χ2n) is 3.39. The van der Waals surface area contributed by atoms with Gasteiger partial charge in [-0.05, 0) is 30.7 Å². The maximum atomic E-state index is 13.9. The number of halogens is 1. The SMILES string of the molecule is CNCc1snnc1-c1c(F)cccc1OC. The molecule has 0 spiro atoms. The Hall–Kier alpha value is -1.53. The van der Waals surface area contributed by atoms with E-state index >= 15 is 0 Å². The molecule has 0 saturated heterocycles. The molecule has 90 valence electrons. The molecule has 0 amide bonds. The van der Waals surface area contributed by atoms with Crippen molar-refractivity contribution in [3.63, 3.8) is 0 Å². The number of hydrogen-bond donors (Lipinski definition) is 1. The summed E-state index contributed by atoms with van der Waals surface area (Å²) in [5.74, 6) is 0.115. The van der Waals surface area contributed by atoms with Crippen molar-refractivity contribution in [3.8, 4) is 17.0 Å². The van der Waals surface area contributed by atoms with E-state index in [2.05, 4.69) is 14.9 Å². The van der Waals surface area contributed by atoms with Gasteiger partial charge in [0.05, 0.1) is 17.6 Å². The lowest BCUT2D eigenvalue weighted by Gasteiger charge is -2.08. The zero-order valence-electron chi connectivity index (χ0n) is 9.53. The molecule has 0 aliphatic heterocycles. The molecule has 2 rings (SSSR count). The highest BCUT2D eigenvalue weighted by Gasteiger charge is 2.18. The fraction of sp³-hybridized carbons (Fsp3) is 0.273. The van der Waals surface area contributed by atoms with E-state index in [9.17, 15) is 4.39 Å². The van der Waals surface area contributed by atoms with Crippen LogP contribution in [0.4, 0.5) is 4.39 Å². The van der Waals surface area contributed by atoms with Gasteiger partial charge in [0.25, 0.3) is 0 Å². The Bertz CT molecular complexity index is 515. The van der Waals surface area contributed by atoms with Gasteiger partial charge in [0, 0.05) is 6.54 Å².